The molecule has 7 nitrogen and oxygen atoms in total. The van der Waals surface area contributed by atoms with E-state index in [4.69, 9.17) is 4.74 Å². The van der Waals surface area contributed by atoms with Crippen LogP contribution in [0.1, 0.15) is 50.6 Å². The SMILES string of the molecule is CCCCNC(=NCC(=O)N(C)C)NCC(c1ccc(OC)cc1)N1CCCCC1.I. The molecule has 1 amide bonds. The zero-order valence-corrected chi connectivity index (χ0v) is 21.9. The standard InChI is InChI=1S/C23H39N5O2.HI/c1-5-6-14-24-23(26-18-22(29)27(2)3)25-17-21(28-15-8-7-9-16-28)19-10-12-20(30-4)13-11-19;/h10-13,21H,5-9,14-18H2,1-4H3,(H2,24,25,26);1H. The fraction of sp³-hybridized carbons (Fsp3) is 0.652. The minimum atomic E-state index is -0.00525. The van der Waals surface area contributed by atoms with E-state index in [9.17, 15) is 4.79 Å². The number of nitrogens with zero attached hydrogens (tertiary/aromatic N) is 3. The van der Waals surface area contributed by atoms with Gasteiger partial charge in [-0.1, -0.05) is 31.9 Å². The molecular weight excluding hydrogens is 505 g/mol. The minimum absolute atomic E-state index is 0. The summed E-state index contributed by atoms with van der Waals surface area (Å²) in [6.07, 6.45) is 5.95. The molecule has 1 saturated heterocycles. The molecule has 0 aromatic heterocycles. The van der Waals surface area contributed by atoms with Crippen LogP contribution >= 0.6 is 24.0 Å². The summed E-state index contributed by atoms with van der Waals surface area (Å²) in [7, 11) is 5.20. The van der Waals surface area contributed by atoms with Crippen LogP contribution in [0.25, 0.3) is 0 Å². The van der Waals surface area contributed by atoms with Crippen molar-refractivity contribution in [2.45, 2.75) is 45.1 Å². The number of unbranched alkanes of at least 4 members (excludes halogenated alkanes) is 1. The highest BCUT2D eigenvalue weighted by atomic mass is 127. The number of halogens is 1. The molecule has 0 aliphatic carbocycles. The summed E-state index contributed by atoms with van der Waals surface area (Å²) in [5.74, 6) is 1.57. The van der Waals surface area contributed by atoms with Gasteiger partial charge in [0.25, 0.3) is 0 Å². The van der Waals surface area contributed by atoms with Crippen molar-refractivity contribution >= 4 is 35.8 Å². The molecule has 1 aromatic carbocycles. The van der Waals surface area contributed by atoms with Crippen molar-refractivity contribution < 1.29 is 9.53 Å². The Morgan fingerprint density at radius 3 is 2.42 bits per heavy atom. The van der Waals surface area contributed by atoms with Crippen LogP contribution in [0.15, 0.2) is 29.3 Å². The number of ether oxygens (including phenoxy) is 1. The first-order chi connectivity index (χ1) is 14.5. The number of hydrogen-bond donors (Lipinski definition) is 2. The second-order valence-electron chi connectivity index (χ2n) is 8.00. The first-order valence-electron chi connectivity index (χ1n) is 11.2. The lowest BCUT2D eigenvalue weighted by Gasteiger charge is -2.35. The molecule has 1 unspecified atom stereocenters. The largest absolute Gasteiger partial charge is 0.497 e. The van der Waals surface area contributed by atoms with E-state index in [1.807, 2.05) is 12.1 Å². The van der Waals surface area contributed by atoms with Gasteiger partial charge in [-0.2, -0.15) is 0 Å². The van der Waals surface area contributed by atoms with Gasteiger partial charge in [-0.15, -0.1) is 24.0 Å². The van der Waals surface area contributed by atoms with Crippen molar-refractivity contribution in [1.29, 1.82) is 0 Å². The summed E-state index contributed by atoms with van der Waals surface area (Å²) < 4.78 is 5.33. The Bertz CT molecular complexity index is 660. The summed E-state index contributed by atoms with van der Waals surface area (Å²) in [5.41, 5.74) is 1.27. The lowest BCUT2D eigenvalue weighted by molar-refractivity contribution is -0.127. The number of amides is 1. The van der Waals surface area contributed by atoms with Gasteiger partial charge >= 0.3 is 0 Å². The Kier molecular flexibility index (Phi) is 13.6. The second kappa shape index (κ2) is 15.3. The predicted octanol–water partition coefficient (Wildman–Crippen LogP) is 3.26. The van der Waals surface area contributed by atoms with Crippen molar-refractivity contribution in [2.24, 2.45) is 4.99 Å². The number of methoxy groups -OCH3 is 1. The maximum Gasteiger partial charge on any atom is 0.243 e. The maximum atomic E-state index is 12.0. The highest BCUT2D eigenvalue weighted by molar-refractivity contribution is 14.0. The van der Waals surface area contributed by atoms with E-state index in [0.717, 1.165) is 44.8 Å². The van der Waals surface area contributed by atoms with Crippen molar-refractivity contribution in [3.05, 3.63) is 29.8 Å². The number of likely N-dealkylation sites (N-methyl/N-ethyl adjacent to an activating group) is 1. The van der Waals surface area contributed by atoms with E-state index in [-0.39, 0.29) is 42.5 Å². The lowest BCUT2D eigenvalue weighted by atomic mass is 10.0. The van der Waals surface area contributed by atoms with Gasteiger partial charge < -0.3 is 20.3 Å². The van der Waals surface area contributed by atoms with E-state index in [0.29, 0.717) is 5.96 Å². The van der Waals surface area contributed by atoms with Crippen LogP contribution in [0.4, 0.5) is 0 Å². The molecule has 176 valence electrons. The molecule has 0 radical (unpaired) electrons. The van der Waals surface area contributed by atoms with Gasteiger partial charge in [-0.05, 0) is 50.0 Å². The molecule has 1 aliphatic heterocycles. The third kappa shape index (κ3) is 9.64. The number of carbonyl (C=O) groups excluding carboxylic acids is 1. The number of carbonyl (C=O) groups is 1. The number of nitrogens with one attached hydrogen (secondary N) is 2. The predicted molar refractivity (Wildman–Crippen MR) is 138 cm³/mol. The topological polar surface area (TPSA) is 69.2 Å². The molecule has 0 spiro atoms. The fourth-order valence-corrected chi connectivity index (χ4v) is 3.55. The zero-order chi connectivity index (χ0) is 21.8. The van der Waals surface area contributed by atoms with E-state index < -0.39 is 0 Å². The van der Waals surface area contributed by atoms with Crippen LogP contribution in [0.2, 0.25) is 0 Å². The van der Waals surface area contributed by atoms with Crippen molar-refractivity contribution in [1.82, 2.24) is 20.4 Å². The Morgan fingerprint density at radius 2 is 1.84 bits per heavy atom. The monoisotopic (exact) mass is 545 g/mol. The van der Waals surface area contributed by atoms with Crippen LogP contribution in [0.3, 0.4) is 0 Å². The number of benzene rings is 1. The molecule has 0 saturated carbocycles. The lowest BCUT2D eigenvalue weighted by Crippen LogP contribution is -2.45. The first-order valence-corrected chi connectivity index (χ1v) is 11.2. The van der Waals surface area contributed by atoms with Gasteiger partial charge in [0.2, 0.25) is 5.91 Å². The van der Waals surface area contributed by atoms with Crippen molar-refractivity contribution in [3.63, 3.8) is 0 Å². The van der Waals surface area contributed by atoms with Crippen molar-refractivity contribution in [2.75, 3.05) is 53.9 Å². The molecule has 2 rings (SSSR count). The number of aliphatic imine (C=N–C) groups is 1. The quantitative estimate of drug-likeness (QED) is 0.205. The van der Waals surface area contributed by atoms with Crippen LogP contribution < -0.4 is 15.4 Å². The summed E-state index contributed by atoms with van der Waals surface area (Å²) in [5, 5.41) is 6.87. The highest BCUT2D eigenvalue weighted by Crippen LogP contribution is 2.25. The third-order valence-electron chi connectivity index (χ3n) is 5.49. The van der Waals surface area contributed by atoms with Gasteiger partial charge in [-0.3, -0.25) is 9.69 Å². The van der Waals surface area contributed by atoms with Crippen LogP contribution in [-0.2, 0) is 4.79 Å². The molecule has 1 aliphatic rings. The van der Waals surface area contributed by atoms with Crippen LogP contribution in [0, 0.1) is 0 Å². The number of rotatable bonds is 10. The molecule has 1 atom stereocenters. The molecule has 8 heteroatoms. The maximum absolute atomic E-state index is 12.0. The van der Waals surface area contributed by atoms with Crippen LogP contribution in [0.5, 0.6) is 5.75 Å². The van der Waals surface area contributed by atoms with Gasteiger partial charge in [0.05, 0.1) is 13.2 Å². The molecule has 1 aromatic rings. The number of hydrogen-bond acceptors (Lipinski definition) is 4. The molecule has 2 N–H and O–H groups in total. The summed E-state index contributed by atoms with van der Waals surface area (Å²) >= 11 is 0. The number of guanidine groups is 1. The van der Waals surface area contributed by atoms with Gasteiger partial charge in [0.15, 0.2) is 5.96 Å². The van der Waals surface area contributed by atoms with E-state index in [2.05, 4.69) is 39.6 Å². The molecule has 31 heavy (non-hydrogen) atoms. The fourth-order valence-electron chi connectivity index (χ4n) is 3.55. The highest BCUT2D eigenvalue weighted by Gasteiger charge is 2.22. The van der Waals surface area contributed by atoms with E-state index >= 15 is 0 Å². The van der Waals surface area contributed by atoms with E-state index in [1.54, 1.807) is 26.1 Å². The molecule has 0 bridgehead atoms. The average molecular weight is 546 g/mol. The zero-order valence-electron chi connectivity index (χ0n) is 19.5. The molecule has 1 fully saturated rings. The minimum Gasteiger partial charge on any atom is -0.497 e. The summed E-state index contributed by atoms with van der Waals surface area (Å²) in [4.78, 5) is 20.6. The average Bonchev–Trinajstić information content (AvgIpc) is 2.78. The number of piperidine rings is 1. The normalized spacial score (nSPS) is 15.5. The second-order valence-corrected chi connectivity index (χ2v) is 8.00. The Balaban J connectivity index is 0.00000480. The molecular formula is C23H40IN5O2. The Morgan fingerprint density at radius 1 is 1.16 bits per heavy atom. The van der Waals surface area contributed by atoms with Gasteiger partial charge in [0.1, 0.15) is 12.3 Å². The van der Waals surface area contributed by atoms with Crippen LogP contribution in [-0.4, -0.2) is 75.6 Å². The Labute approximate surface area is 205 Å². The third-order valence-corrected chi connectivity index (χ3v) is 5.49. The number of likely N-dealkylation sites (tertiary alicyclic amines) is 1. The van der Waals surface area contributed by atoms with E-state index in [1.165, 1.54) is 24.8 Å². The van der Waals surface area contributed by atoms with Gasteiger partial charge in [0, 0.05) is 27.2 Å². The smallest absolute Gasteiger partial charge is 0.243 e. The summed E-state index contributed by atoms with van der Waals surface area (Å²) in [6, 6.07) is 8.60. The summed E-state index contributed by atoms with van der Waals surface area (Å²) in [6.45, 7) is 6.10. The molecule has 1 heterocycles. The Hall–Kier alpha value is -1.55. The van der Waals surface area contributed by atoms with Gasteiger partial charge in [-0.25, -0.2) is 4.99 Å². The first kappa shape index (κ1) is 27.5. The van der Waals surface area contributed by atoms with Crippen molar-refractivity contribution in [3.8, 4) is 5.75 Å².